The molecule has 3 aromatic rings. The van der Waals surface area contributed by atoms with E-state index in [1.165, 1.54) is 0 Å². The van der Waals surface area contributed by atoms with E-state index in [-0.39, 0.29) is 12.0 Å². The summed E-state index contributed by atoms with van der Waals surface area (Å²) in [5.41, 5.74) is 2.71. The van der Waals surface area contributed by atoms with Crippen molar-refractivity contribution >= 4 is 23.4 Å². The number of carbonyl (C=O) groups excluding carboxylic acids is 1. The third kappa shape index (κ3) is 4.20. The van der Waals surface area contributed by atoms with Crippen LogP contribution in [0.1, 0.15) is 19.8 Å². The number of amides is 2. The van der Waals surface area contributed by atoms with Crippen LogP contribution in [-0.4, -0.2) is 70.3 Å². The van der Waals surface area contributed by atoms with Crippen LogP contribution in [0.2, 0.25) is 0 Å². The van der Waals surface area contributed by atoms with Crippen molar-refractivity contribution in [2.45, 2.75) is 25.8 Å². The van der Waals surface area contributed by atoms with Gasteiger partial charge in [-0.15, -0.1) is 5.10 Å². The van der Waals surface area contributed by atoms with E-state index in [9.17, 15) is 4.79 Å². The van der Waals surface area contributed by atoms with Gasteiger partial charge < -0.3 is 15.1 Å². The van der Waals surface area contributed by atoms with Crippen LogP contribution in [0.5, 0.6) is 0 Å². The molecule has 0 unspecified atom stereocenters. The first-order chi connectivity index (χ1) is 14.5. The molecule has 1 saturated heterocycles. The van der Waals surface area contributed by atoms with Gasteiger partial charge in [0.25, 0.3) is 5.95 Å². The zero-order valence-electron chi connectivity index (χ0n) is 17.7. The van der Waals surface area contributed by atoms with Crippen molar-refractivity contribution in [2.75, 3.05) is 43.9 Å². The minimum Gasteiger partial charge on any atom is -0.356 e. The summed E-state index contributed by atoms with van der Waals surface area (Å²) in [5, 5.41) is 9.98. The molecule has 1 aliphatic rings. The standard InChI is InChI=1S/C21H28N8O/c1-4-23-21(30)25-20-24-18-12-16(15-6-5-9-22-14-15)13-19(29(18)26-20)28(3)17-7-10-27(2)11-8-17/h5-6,9,12-14,17H,4,7-8,10-11H2,1-3H3,(H2,23,25,26,30). The second kappa shape index (κ2) is 8.66. The van der Waals surface area contributed by atoms with Crippen molar-refractivity contribution in [1.82, 2.24) is 29.8 Å². The van der Waals surface area contributed by atoms with Crippen molar-refractivity contribution in [3.63, 3.8) is 0 Å². The summed E-state index contributed by atoms with van der Waals surface area (Å²) in [7, 11) is 4.27. The molecule has 30 heavy (non-hydrogen) atoms. The Bertz CT molecular complexity index is 1010. The lowest BCUT2D eigenvalue weighted by Gasteiger charge is -2.36. The predicted octanol–water partition coefficient (Wildman–Crippen LogP) is 2.46. The van der Waals surface area contributed by atoms with Gasteiger partial charge in [-0.2, -0.15) is 9.50 Å². The Labute approximate surface area is 176 Å². The van der Waals surface area contributed by atoms with E-state index < -0.39 is 0 Å². The number of anilines is 2. The molecule has 0 aliphatic carbocycles. The highest BCUT2D eigenvalue weighted by Gasteiger charge is 2.24. The van der Waals surface area contributed by atoms with Gasteiger partial charge in [-0.25, -0.2) is 4.79 Å². The fourth-order valence-electron chi connectivity index (χ4n) is 3.85. The SMILES string of the molecule is CCNC(=O)Nc1nc2cc(-c3cccnc3)cc(N(C)C3CCN(C)CC3)n2n1. The lowest BCUT2D eigenvalue weighted by Crippen LogP contribution is -2.42. The lowest BCUT2D eigenvalue weighted by molar-refractivity contribution is 0.252. The number of carbonyl (C=O) groups is 1. The van der Waals surface area contributed by atoms with Gasteiger partial charge in [-0.3, -0.25) is 10.3 Å². The molecule has 0 spiro atoms. The number of rotatable bonds is 5. The molecule has 4 rings (SSSR count). The van der Waals surface area contributed by atoms with E-state index in [0.29, 0.717) is 18.2 Å². The Hall–Kier alpha value is -3.20. The summed E-state index contributed by atoms with van der Waals surface area (Å²) in [6.45, 7) is 4.55. The molecule has 3 aromatic heterocycles. The summed E-state index contributed by atoms with van der Waals surface area (Å²) < 4.78 is 1.81. The number of urea groups is 1. The first-order valence-electron chi connectivity index (χ1n) is 10.3. The van der Waals surface area contributed by atoms with Crippen LogP contribution in [-0.2, 0) is 0 Å². The van der Waals surface area contributed by atoms with E-state index >= 15 is 0 Å². The molecule has 0 atom stereocenters. The van der Waals surface area contributed by atoms with Crippen LogP contribution in [0.25, 0.3) is 16.8 Å². The number of nitrogens with zero attached hydrogens (tertiary/aromatic N) is 6. The van der Waals surface area contributed by atoms with Gasteiger partial charge in [0.05, 0.1) is 0 Å². The maximum atomic E-state index is 11.9. The van der Waals surface area contributed by atoms with Crippen molar-refractivity contribution in [3.05, 3.63) is 36.7 Å². The molecule has 0 aromatic carbocycles. The van der Waals surface area contributed by atoms with Gasteiger partial charge in [0.2, 0.25) is 0 Å². The fraction of sp³-hybridized carbons (Fsp3) is 0.429. The Morgan fingerprint density at radius 3 is 2.77 bits per heavy atom. The van der Waals surface area contributed by atoms with Gasteiger partial charge in [-0.1, -0.05) is 6.07 Å². The maximum Gasteiger partial charge on any atom is 0.321 e. The highest BCUT2D eigenvalue weighted by atomic mass is 16.2. The Kier molecular flexibility index (Phi) is 5.80. The summed E-state index contributed by atoms with van der Waals surface area (Å²) in [6.07, 6.45) is 5.78. The van der Waals surface area contributed by atoms with Crippen LogP contribution >= 0.6 is 0 Å². The minimum atomic E-state index is -0.314. The summed E-state index contributed by atoms with van der Waals surface area (Å²) in [4.78, 5) is 25.4. The third-order valence-electron chi connectivity index (χ3n) is 5.57. The highest BCUT2D eigenvalue weighted by molar-refractivity contribution is 5.87. The molecule has 0 radical (unpaired) electrons. The molecular formula is C21H28N8O. The van der Waals surface area contributed by atoms with Crippen LogP contribution in [0.15, 0.2) is 36.7 Å². The molecule has 2 N–H and O–H groups in total. The first-order valence-corrected chi connectivity index (χ1v) is 10.3. The van der Waals surface area contributed by atoms with Crippen molar-refractivity contribution in [3.8, 4) is 11.1 Å². The summed E-state index contributed by atoms with van der Waals surface area (Å²) in [6, 6.07) is 8.14. The molecule has 158 valence electrons. The lowest BCUT2D eigenvalue weighted by atomic mass is 10.0. The monoisotopic (exact) mass is 408 g/mol. The molecule has 1 aliphatic heterocycles. The Balaban J connectivity index is 1.75. The number of piperidine rings is 1. The quantitative estimate of drug-likeness (QED) is 0.674. The normalized spacial score (nSPS) is 15.3. The zero-order valence-corrected chi connectivity index (χ0v) is 17.7. The second-order valence-electron chi connectivity index (χ2n) is 7.68. The number of hydrogen-bond acceptors (Lipinski definition) is 6. The van der Waals surface area contributed by atoms with E-state index in [4.69, 9.17) is 0 Å². The molecule has 2 amide bonds. The van der Waals surface area contributed by atoms with Crippen LogP contribution < -0.4 is 15.5 Å². The number of hydrogen-bond donors (Lipinski definition) is 2. The largest absolute Gasteiger partial charge is 0.356 e. The number of likely N-dealkylation sites (tertiary alicyclic amines) is 1. The van der Waals surface area contributed by atoms with E-state index in [1.54, 1.807) is 10.7 Å². The van der Waals surface area contributed by atoms with Crippen LogP contribution in [0.3, 0.4) is 0 Å². The van der Waals surface area contributed by atoms with E-state index in [2.05, 4.69) is 55.7 Å². The predicted molar refractivity (Wildman–Crippen MR) is 118 cm³/mol. The number of fused-ring (bicyclic) bond motifs is 1. The van der Waals surface area contributed by atoms with Gasteiger partial charge in [-0.05, 0) is 63.7 Å². The Morgan fingerprint density at radius 1 is 1.27 bits per heavy atom. The summed E-state index contributed by atoms with van der Waals surface area (Å²) >= 11 is 0. The smallest absolute Gasteiger partial charge is 0.321 e. The Morgan fingerprint density at radius 2 is 2.07 bits per heavy atom. The second-order valence-corrected chi connectivity index (χ2v) is 7.68. The number of pyridine rings is 2. The topological polar surface area (TPSA) is 90.7 Å². The fourth-order valence-corrected chi connectivity index (χ4v) is 3.85. The molecule has 4 heterocycles. The summed E-state index contributed by atoms with van der Waals surface area (Å²) in [5.74, 6) is 1.22. The molecule has 9 nitrogen and oxygen atoms in total. The molecule has 1 fully saturated rings. The van der Waals surface area contributed by atoms with Crippen molar-refractivity contribution in [1.29, 1.82) is 0 Å². The molecule has 9 heteroatoms. The van der Waals surface area contributed by atoms with E-state index in [1.807, 2.05) is 31.3 Å². The minimum absolute atomic E-state index is 0.280. The van der Waals surface area contributed by atoms with Gasteiger partial charge >= 0.3 is 6.03 Å². The average Bonchev–Trinajstić information content (AvgIpc) is 3.16. The van der Waals surface area contributed by atoms with Gasteiger partial charge in [0.15, 0.2) is 5.65 Å². The zero-order chi connectivity index (χ0) is 21.1. The van der Waals surface area contributed by atoms with Crippen LogP contribution in [0.4, 0.5) is 16.6 Å². The van der Waals surface area contributed by atoms with E-state index in [0.717, 1.165) is 42.9 Å². The first kappa shape index (κ1) is 20.1. The molecular weight excluding hydrogens is 380 g/mol. The average molecular weight is 409 g/mol. The van der Waals surface area contributed by atoms with Crippen molar-refractivity contribution < 1.29 is 4.79 Å². The number of aromatic nitrogens is 4. The van der Waals surface area contributed by atoms with Crippen LogP contribution in [0, 0.1) is 0 Å². The maximum absolute atomic E-state index is 11.9. The van der Waals surface area contributed by atoms with Gasteiger partial charge in [0.1, 0.15) is 5.82 Å². The van der Waals surface area contributed by atoms with Crippen molar-refractivity contribution in [2.24, 2.45) is 0 Å². The molecule has 0 bridgehead atoms. The highest BCUT2D eigenvalue weighted by Crippen LogP contribution is 2.29. The third-order valence-corrected chi connectivity index (χ3v) is 5.57. The number of nitrogens with one attached hydrogen (secondary N) is 2. The molecule has 0 saturated carbocycles. The van der Waals surface area contributed by atoms with Gasteiger partial charge in [0, 0.05) is 37.6 Å².